The van der Waals surface area contributed by atoms with E-state index < -0.39 is 23.7 Å². The number of nitrogens with one attached hydrogen (secondary N) is 1. The first-order chi connectivity index (χ1) is 8.91. The lowest BCUT2D eigenvalue weighted by Gasteiger charge is -2.17. The Morgan fingerprint density at radius 2 is 1.89 bits per heavy atom. The standard InChI is InChI=1S/C12H13FN2O4/c1-15(9-5-3-2-4-8(9)13)12(19)14-10(16)6-7-11(17)18/h2-5H,6-7H2,1H3,(H,17,18)(H,14,16,19). The molecule has 0 spiro atoms. The van der Waals surface area contributed by atoms with Crippen molar-refractivity contribution < 1.29 is 23.9 Å². The molecule has 0 aliphatic rings. The number of nitrogens with zero attached hydrogens (tertiary/aromatic N) is 1. The maximum Gasteiger partial charge on any atom is 0.328 e. The number of halogens is 1. The van der Waals surface area contributed by atoms with Crippen molar-refractivity contribution in [1.29, 1.82) is 0 Å². The highest BCUT2D eigenvalue weighted by Crippen LogP contribution is 2.16. The van der Waals surface area contributed by atoms with Gasteiger partial charge < -0.3 is 5.11 Å². The van der Waals surface area contributed by atoms with E-state index in [0.717, 1.165) is 4.90 Å². The first-order valence-electron chi connectivity index (χ1n) is 5.45. The predicted molar refractivity (Wildman–Crippen MR) is 65.2 cm³/mol. The monoisotopic (exact) mass is 268 g/mol. The summed E-state index contributed by atoms with van der Waals surface area (Å²) in [6, 6.07) is 4.78. The number of hydrogen-bond donors (Lipinski definition) is 2. The van der Waals surface area contributed by atoms with Crippen LogP contribution in [0.5, 0.6) is 0 Å². The van der Waals surface area contributed by atoms with Crippen molar-refractivity contribution in [2.75, 3.05) is 11.9 Å². The van der Waals surface area contributed by atoms with E-state index in [-0.39, 0.29) is 18.5 Å². The molecule has 1 aromatic rings. The zero-order valence-electron chi connectivity index (χ0n) is 10.2. The third-order valence-electron chi connectivity index (χ3n) is 2.33. The number of para-hydroxylation sites is 1. The van der Waals surface area contributed by atoms with Gasteiger partial charge in [-0.2, -0.15) is 0 Å². The predicted octanol–water partition coefficient (Wildman–Crippen LogP) is 1.36. The number of imide groups is 1. The fraction of sp³-hybridized carbons (Fsp3) is 0.250. The van der Waals surface area contributed by atoms with Crippen molar-refractivity contribution in [2.24, 2.45) is 0 Å². The van der Waals surface area contributed by atoms with E-state index in [1.807, 2.05) is 5.32 Å². The number of anilines is 1. The van der Waals surface area contributed by atoms with E-state index in [1.54, 1.807) is 6.07 Å². The highest BCUT2D eigenvalue weighted by atomic mass is 19.1. The maximum atomic E-state index is 13.4. The number of aliphatic carboxylic acids is 1. The summed E-state index contributed by atoms with van der Waals surface area (Å²) in [6.45, 7) is 0. The van der Waals surface area contributed by atoms with Crippen molar-refractivity contribution >= 4 is 23.6 Å². The number of carbonyl (C=O) groups is 3. The minimum absolute atomic E-state index is 0.0195. The maximum absolute atomic E-state index is 13.4. The number of hydrogen-bond acceptors (Lipinski definition) is 3. The Labute approximate surface area is 108 Å². The molecule has 1 aromatic carbocycles. The van der Waals surface area contributed by atoms with E-state index in [4.69, 9.17) is 5.11 Å². The molecule has 0 bridgehead atoms. The minimum atomic E-state index is -1.13. The number of carboxylic acids is 1. The van der Waals surface area contributed by atoms with Crippen molar-refractivity contribution in [3.8, 4) is 0 Å². The highest BCUT2D eigenvalue weighted by molar-refractivity contribution is 6.02. The lowest BCUT2D eigenvalue weighted by molar-refractivity contribution is -0.138. The molecule has 2 N–H and O–H groups in total. The average molecular weight is 268 g/mol. The molecular formula is C12H13FN2O4. The second-order valence-electron chi connectivity index (χ2n) is 3.76. The summed E-state index contributed by atoms with van der Waals surface area (Å²) in [7, 11) is 1.30. The number of benzene rings is 1. The first kappa shape index (κ1) is 14.6. The molecule has 0 fully saturated rings. The van der Waals surface area contributed by atoms with Gasteiger partial charge in [0.15, 0.2) is 0 Å². The van der Waals surface area contributed by atoms with Gasteiger partial charge in [0.1, 0.15) is 5.82 Å². The summed E-state index contributed by atoms with van der Waals surface area (Å²) >= 11 is 0. The van der Waals surface area contributed by atoms with Crippen LogP contribution in [-0.4, -0.2) is 30.1 Å². The lowest BCUT2D eigenvalue weighted by atomic mass is 10.3. The third-order valence-corrected chi connectivity index (χ3v) is 2.33. The van der Waals surface area contributed by atoms with Crippen LogP contribution in [0.4, 0.5) is 14.9 Å². The Balaban J connectivity index is 2.61. The first-order valence-corrected chi connectivity index (χ1v) is 5.45. The van der Waals surface area contributed by atoms with Crippen molar-refractivity contribution in [3.63, 3.8) is 0 Å². The van der Waals surface area contributed by atoms with Crippen LogP contribution in [0.25, 0.3) is 0 Å². The molecule has 102 valence electrons. The van der Waals surface area contributed by atoms with Crippen LogP contribution >= 0.6 is 0 Å². The van der Waals surface area contributed by atoms with Crippen LogP contribution < -0.4 is 10.2 Å². The fourth-order valence-corrected chi connectivity index (χ4v) is 1.32. The van der Waals surface area contributed by atoms with E-state index in [1.165, 1.54) is 25.2 Å². The van der Waals surface area contributed by atoms with Crippen LogP contribution in [0, 0.1) is 5.82 Å². The van der Waals surface area contributed by atoms with Gasteiger partial charge in [0.25, 0.3) is 0 Å². The molecule has 19 heavy (non-hydrogen) atoms. The number of carboxylic acid groups (broad SMARTS) is 1. The molecule has 0 aromatic heterocycles. The quantitative estimate of drug-likeness (QED) is 0.863. The van der Waals surface area contributed by atoms with Gasteiger partial charge in [0.2, 0.25) is 5.91 Å². The van der Waals surface area contributed by atoms with Gasteiger partial charge >= 0.3 is 12.0 Å². The summed E-state index contributed by atoms with van der Waals surface area (Å²) in [6.07, 6.45) is -0.686. The molecule has 3 amide bonds. The molecule has 0 radical (unpaired) electrons. The normalized spacial score (nSPS) is 9.79. The van der Waals surface area contributed by atoms with E-state index >= 15 is 0 Å². The summed E-state index contributed by atoms with van der Waals surface area (Å²) < 4.78 is 13.4. The Morgan fingerprint density at radius 3 is 2.47 bits per heavy atom. The van der Waals surface area contributed by atoms with E-state index in [2.05, 4.69) is 0 Å². The Bertz CT molecular complexity index is 504. The fourth-order valence-electron chi connectivity index (χ4n) is 1.32. The minimum Gasteiger partial charge on any atom is -0.481 e. The smallest absolute Gasteiger partial charge is 0.328 e. The van der Waals surface area contributed by atoms with Crippen LogP contribution in [0.15, 0.2) is 24.3 Å². The summed E-state index contributed by atoms with van der Waals surface area (Å²) in [5.41, 5.74) is 0.0195. The Morgan fingerprint density at radius 1 is 1.26 bits per heavy atom. The van der Waals surface area contributed by atoms with E-state index in [0.29, 0.717) is 0 Å². The molecule has 6 nitrogen and oxygen atoms in total. The van der Waals surface area contributed by atoms with Crippen LogP contribution in [0.2, 0.25) is 0 Å². The highest BCUT2D eigenvalue weighted by Gasteiger charge is 2.17. The Hall–Kier alpha value is -2.44. The largest absolute Gasteiger partial charge is 0.481 e. The van der Waals surface area contributed by atoms with Crippen molar-refractivity contribution in [1.82, 2.24) is 5.32 Å². The molecule has 0 aliphatic carbocycles. The van der Waals surface area contributed by atoms with Gasteiger partial charge in [-0.05, 0) is 12.1 Å². The zero-order valence-corrected chi connectivity index (χ0v) is 10.2. The summed E-state index contributed by atoms with van der Waals surface area (Å²) in [4.78, 5) is 34.1. The topological polar surface area (TPSA) is 86.7 Å². The van der Waals surface area contributed by atoms with Gasteiger partial charge in [0.05, 0.1) is 12.1 Å². The number of rotatable bonds is 4. The molecule has 0 aliphatic heterocycles. The lowest BCUT2D eigenvalue weighted by Crippen LogP contribution is -2.41. The molecule has 0 saturated heterocycles. The second-order valence-corrected chi connectivity index (χ2v) is 3.76. The molecule has 0 unspecified atom stereocenters. The number of amides is 3. The third kappa shape index (κ3) is 4.38. The zero-order chi connectivity index (χ0) is 14.4. The van der Waals surface area contributed by atoms with Crippen LogP contribution in [0.1, 0.15) is 12.8 Å². The van der Waals surface area contributed by atoms with Gasteiger partial charge in [-0.15, -0.1) is 0 Å². The van der Waals surface area contributed by atoms with Crippen molar-refractivity contribution in [2.45, 2.75) is 12.8 Å². The molecule has 0 saturated carbocycles. The van der Waals surface area contributed by atoms with Gasteiger partial charge in [-0.1, -0.05) is 12.1 Å². The number of carbonyl (C=O) groups excluding carboxylic acids is 2. The molecule has 0 heterocycles. The van der Waals surface area contributed by atoms with Gasteiger partial charge in [-0.25, -0.2) is 9.18 Å². The van der Waals surface area contributed by atoms with Crippen molar-refractivity contribution in [3.05, 3.63) is 30.1 Å². The molecular weight excluding hydrogens is 255 g/mol. The van der Waals surface area contributed by atoms with Crippen LogP contribution in [0.3, 0.4) is 0 Å². The number of urea groups is 1. The SMILES string of the molecule is CN(C(=O)NC(=O)CCC(=O)O)c1ccccc1F. The van der Waals surface area contributed by atoms with Crippen LogP contribution in [-0.2, 0) is 9.59 Å². The molecule has 1 rings (SSSR count). The van der Waals surface area contributed by atoms with E-state index in [9.17, 15) is 18.8 Å². The summed E-state index contributed by atoms with van der Waals surface area (Å²) in [5.74, 6) is -2.46. The molecule has 0 atom stereocenters. The van der Waals surface area contributed by atoms with Gasteiger partial charge in [-0.3, -0.25) is 19.8 Å². The average Bonchev–Trinajstić information content (AvgIpc) is 2.36. The molecule has 7 heteroatoms. The Kier molecular flexibility index (Phi) is 4.99. The van der Waals surface area contributed by atoms with Gasteiger partial charge in [0, 0.05) is 13.5 Å². The summed E-state index contributed by atoms with van der Waals surface area (Å²) in [5, 5.41) is 10.4. The second kappa shape index (κ2) is 6.48.